The Kier molecular flexibility index (Phi) is 4.35. The van der Waals surface area contributed by atoms with Crippen LogP contribution in [-0.2, 0) is 17.8 Å². The van der Waals surface area contributed by atoms with E-state index >= 15 is 0 Å². The minimum absolute atomic E-state index is 0.146. The van der Waals surface area contributed by atoms with Crippen LogP contribution in [0.2, 0.25) is 0 Å². The van der Waals surface area contributed by atoms with Crippen molar-refractivity contribution in [2.75, 3.05) is 0 Å². The highest BCUT2D eigenvalue weighted by molar-refractivity contribution is 6.02. The molecule has 5 nitrogen and oxygen atoms in total. The summed E-state index contributed by atoms with van der Waals surface area (Å²) in [4.78, 5) is 20.1. The molecule has 0 aliphatic carbocycles. The lowest BCUT2D eigenvalue weighted by atomic mass is 10.1. The number of hydrogen-bond acceptors (Lipinski definition) is 3. The lowest BCUT2D eigenvalue weighted by Crippen LogP contribution is -2.06. The largest absolute Gasteiger partial charge is 0.481 e. The van der Waals surface area contributed by atoms with Crippen molar-refractivity contribution in [2.24, 2.45) is 0 Å². The summed E-state index contributed by atoms with van der Waals surface area (Å²) in [6.45, 7) is 0.702. The van der Waals surface area contributed by atoms with Gasteiger partial charge in [0, 0.05) is 24.8 Å². The molecule has 2 aromatic carbocycles. The molecule has 0 amide bonds. The molecule has 0 bridgehead atoms. The number of fused-ring (bicyclic) bond motifs is 3. The van der Waals surface area contributed by atoms with Gasteiger partial charge in [0.05, 0.1) is 17.2 Å². The number of benzene rings is 2. The molecule has 2 aromatic heterocycles. The Labute approximate surface area is 150 Å². The number of para-hydroxylation sites is 1. The smallest absolute Gasteiger partial charge is 0.303 e. The molecule has 130 valence electrons. The Morgan fingerprint density at radius 3 is 2.58 bits per heavy atom. The highest BCUT2D eigenvalue weighted by Gasteiger charge is 2.15. The molecule has 0 spiro atoms. The van der Waals surface area contributed by atoms with Gasteiger partial charge in [-0.05, 0) is 18.1 Å². The van der Waals surface area contributed by atoms with Crippen LogP contribution in [-0.4, -0.2) is 25.6 Å². The standard InChI is InChI=1S/C21H19N3O2/c25-20(26)12-6-11-19-23-18-13-22-17-10-5-4-9-16(17)21(18)24(19)14-15-7-2-1-3-8-15/h1-5,7-10,13H,6,11-12,14H2,(H,25,26). The van der Waals surface area contributed by atoms with Gasteiger partial charge >= 0.3 is 5.97 Å². The van der Waals surface area contributed by atoms with Gasteiger partial charge in [-0.3, -0.25) is 9.78 Å². The van der Waals surface area contributed by atoms with E-state index in [1.807, 2.05) is 36.4 Å². The third-order valence-corrected chi connectivity index (χ3v) is 4.53. The third kappa shape index (κ3) is 3.16. The number of carbonyl (C=O) groups is 1. The van der Waals surface area contributed by atoms with Gasteiger partial charge in [-0.25, -0.2) is 4.98 Å². The summed E-state index contributed by atoms with van der Waals surface area (Å²) in [5, 5.41) is 10.0. The molecule has 2 heterocycles. The molecule has 4 aromatic rings. The summed E-state index contributed by atoms with van der Waals surface area (Å²) in [5.41, 5.74) is 4.04. The van der Waals surface area contributed by atoms with E-state index in [4.69, 9.17) is 10.1 Å². The number of pyridine rings is 1. The Hall–Kier alpha value is -3.21. The zero-order valence-corrected chi connectivity index (χ0v) is 14.3. The summed E-state index contributed by atoms with van der Waals surface area (Å²) >= 11 is 0. The van der Waals surface area contributed by atoms with E-state index in [2.05, 4.69) is 27.8 Å². The first-order chi connectivity index (χ1) is 12.7. The molecule has 0 aliphatic rings. The van der Waals surface area contributed by atoms with Gasteiger partial charge in [-0.15, -0.1) is 0 Å². The van der Waals surface area contributed by atoms with Crippen molar-refractivity contribution >= 4 is 27.9 Å². The molecule has 0 atom stereocenters. The van der Waals surface area contributed by atoms with Crippen molar-refractivity contribution in [3.63, 3.8) is 0 Å². The normalized spacial score (nSPS) is 11.2. The molecule has 0 unspecified atom stereocenters. The minimum atomic E-state index is -0.775. The molecule has 0 fully saturated rings. The van der Waals surface area contributed by atoms with E-state index < -0.39 is 5.97 Å². The number of carboxylic acid groups (broad SMARTS) is 1. The van der Waals surface area contributed by atoms with Crippen LogP contribution in [0.4, 0.5) is 0 Å². The molecule has 0 aliphatic heterocycles. The summed E-state index contributed by atoms with van der Waals surface area (Å²) in [7, 11) is 0. The van der Waals surface area contributed by atoms with Crippen LogP contribution >= 0.6 is 0 Å². The fourth-order valence-corrected chi connectivity index (χ4v) is 3.34. The number of aliphatic carboxylic acids is 1. The first kappa shape index (κ1) is 16.3. The van der Waals surface area contributed by atoms with E-state index in [9.17, 15) is 4.79 Å². The highest BCUT2D eigenvalue weighted by atomic mass is 16.4. The van der Waals surface area contributed by atoms with Gasteiger partial charge in [-0.1, -0.05) is 48.5 Å². The molecule has 1 N–H and O–H groups in total. The van der Waals surface area contributed by atoms with Crippen molar-refractivity contribution < 1.29 is 9.90 Å². The second-order valence-electron chi connectivity index (χ2n) is 6.36. The van der Waals surface area contributed by atoms with Crippen LogP contribution in [0.5, 0.6) is 0 Å². The average molecular weight is 345 g/mol. The Bertz CT molecular complexity index is 1070. The summed E-state index contributed by atoms with van der Waals surface area (Å²) in [6.07, 6.45) is 3.15. The van der Waals surface area contributed by atoms with Crippen molar-refractivity contribution in [3.05, 3.63) is 72.2 Å². The summed E-state index contributed by atoms with van der Waals surface area (Å²) < 4.78 is 2.20. The van der Waals surface area contributed by atoms with E-state index in [-0.39, 0.29) is 6.42 Å². The summed E-state index contributed by atoms with van der Waals surface area (Å²) in [6, 6.07) is 18.3. The average Bonchev–Trinajstić information content (AvgIpc) is 3.00. The van der Waals surface area contributed by atoms with Gasteiger partial charge in [0.1, 0.15) is 11.3 Å². The zero-order valence-electron chi connectivity index (χ0n) is 14.3. The predicted molar refractivity (Wildman–Crippen MR) is 101 cm³/mol. The lowest BCUT2D eigenvalue weighted by Gasteiger charge is -2.10. The molecule has 4 rings (SSSR count). The van der Waals surface area contributed by atoms with Gasteiger partial charge in [0.25, 0.3) is 0 Å². The molecular weight excluding hydrogens is 326 g/mol. The molecular formula is C21H19N3O2. The maximum Gasteiger partial charge on any atom is 0.303 e. The van der Waals surface area contributed by atoms with E-state index in [1.54, 1.807) is 6.20 Å². The minimum Gasteiger partial charge on any atom is -0.481 e. The number of hydrogen-bond donors (Lipinski definition) is 1. The van der Waals surface area contributed by atoms with Crippen LogP contribution in [0, 0.1) is 0 Å². The third-order valence-electron chi connectivity index (χ3n) is 4.53. The Morgan fingerprint density at radius 1 is 1.00 bits per heavy atom. The number of aromatic nitrogens is 3. The highest BCUT2D eigenvalue weighted by Crippen LogP contribution is 2.26. The van der Waals surface area contributed by atoms with Crippen molar-refractivity contribution in [1.29, 1.82) is 0 Å². The van der Waals surface area contributed by atoms with Crippen molar-refractivity contribution in [1.82, 2.24) is 14.5 Å². The SMILES string of the molecule is O=C(O)CCCc1nc2cnc3ccccc3c2n1Cc1ccccc1. The van der Waals surface area contributed by atoms with Crippen LogP contribution in [0.3, 0.4) is 0 Å². The zero-order chi connectivity index (χ0) is 17.9. The molecule has 0 radical (unpaired) electrons. The lowest BCUT2D eigenvalue weighted by molar-refractivity contribution is -0.137. The molecule has 26 heavy (non-hydrogen) atoms. The van der Waals surface area contributed by atoms with E-state index in [1.165, 1.54) is 5.56 Å². The van der Waals surface area contributed by atoms with Crippen LogP contribution in [0.1, 0.15) is 24.2 Å². The Morgan fingerprint density at radius 2 is 1.77 bits per heavy atom. The molecule has 0 saturated carbocycles. The monoisotopic (exact) mass is 345 g/mol. The number of nitrogens with zero attached hydrogens (tertiary/aromatic N) is 3. The van der Waals surface area contributed by atoms with Gasteiger partial charge in [0.15, 0.2) is 0 Å². The predicted octanol–water partition coefficient (Wildman–Crippen LogP) is 4.04. The quantitative estimate of drug-likeness (QED) is 0.573. The maximum absolute atomic E-state index is 10.9. The maximum atomic E-state index is 10.9. The van der Waals surface area contributed by atoms with Crippen molar-refractivity contribution in [3.8, 4) is 0 Å². The fraction of sp³-hybridized carbons (Fsp3) is 0.190. The number of carboxylic acids is 1. The topological polar surface area (TPSA) is 68.0 Å². The second kappa shape index (κ2) is 6.96. The van der Waals surface area contributed by atoms with Crippen molar-refractivity contribution in [2.45, 2.75) is 25.8 Å². The number of rotatable bonds is 6. The first-order valence-corrected chi connectivity index (χ1v) is 8.71. The van der Waals surface area contributed by atoms with Crippen LogP contribution in [0.25, 0.3) is 21.9 Å². The van der Waals surface area contributed by atoms with Gasteiger partial charge in [0.2, 0.25) is 0 Å². The molecule has 5 heteroatoms. The fourth-order valence-electron chi connectivity index (χ4n) is 3.34. The van der Waals surface area contributed by atoms with E-state index in [0.717, 1.165) is 27.8 Å². The van der Waals surface area contributed by atoms with Gasteiger partial charge in [-0.2, -0.15) is 0 Å². The van der Waals surface area contributed by atoms with Crippen LogP contribution < -0.4 is 0 Å². The van der Waals surface area contributed by atoms with Crippen LogP contribution in [0.15, 0.2) is 60.8 Å². The molecule has 0 saturated heterocycles. The second-order valence-corrected chi connectivity index (χ2v) is 6.36. The summed E-state index contributed by atoms with van der Waals surface area (Å²) in [5.74, 6) is 0.131. The first-order valence-electron chi connectivity index (χ1n) is 8.71. The number of imidazole rings is 1. The van der Waals surface area contributed by atoms with E-state index in [0.29, 0.717) is 19.4 Å². The Balaban J connectivity index is 1.84. The van der Waals surface area contributed by atoms with Gasteiger partial charge < -0.3 is 9.67 Å². The number of aryl methyl sites for hydroxylation is 1.